The number of carbonyl (C=O) groups is 1. The number of carboxylic acid groups (broad SMARTS) is 1. The summed E-state index contributed by atoms with van der Waals surface area (Å²) >= 11 is 0. The molecule has 1 N–H and O–H groups in total. The SMILES string of the molecule is CC1(C)Oc2c(ccc3oc(C(=O)O)cc(=O)c23)-c2ccc(F)cc21. The number of fused-ring (bicyclic) bond motifs is 5. The molecular formula is C19H13FO5. The fourth-order valence-corrected chi connectivity index (χ4v) is 3.21. The summed E-state index contributed by atoms with van der Waals surface area (Å²) in [5.41, 5.74) is 0.831. The van der Waals surface area contributed by atoms with E-state index in [4.69, 9.17) is 14.3 Å². The van der Waals surface area contributed by atoms with Gasteiger partial charge in [-0.2, -0.15) is 0 Å². The van der Waals surface area contributed by atoms with Crippen molar-refractivity contribution in [2.24, 2.45) is 0 Å². The number of ether oxygens (including phenoxy) is 1. The first-order chi connectivity index (χ1) is 11.8. The summed E-state index contributed by atoms with van der Waals surface area (Å²) in [7, 11) is 0. The molecule has 5 nitrogen and oxygen atoms in total. The molecule has 2 aromatic carbocycles. The minimum Gasteiger partial charge on any atom is -0.482 e. The third kappa shape index (κ3) is 2.21. The van der Waals surface area contributed by atoms with Crippen molar-refractivity contribution in [2.45, 2.75) is 19.4 Å². The maximum atomic E-state index is 13.7. The van der Waals surface area contributed by atoms with Gasteiger partial charge in [0.05, 0.1) is 0 Å². The number of aromatic carboxylic acids is 1. The molecule has 0 unspecified atom stereocenters. The normalized spacial score (nSPS) is 14.5. The molecule has 1 aromatic heterocycles. The molecule has 0 atom stereocenters. The summed E-state index contributed by atoms with van der Waals surface area (Å²) < 4.78 is 25.0. The van der Waals surface area contributed by atoms with Gasteiger partial charge in [0.15, 0.2) is 5.43 Å². The zero-order chi connectivity index (χ0) is 17.9. The van der Waals surface area contributed by atoms with Crippen LogP contribution in [0.25, 0.3) is 22.1 Å². The highest BCUT2D eigenvalue weighted by Gasteiger charge is 2.34. The van der Waals surface area contributed by atoms with E-state index in [1.807, 2.05) is 0 Å². The summed E-state index contributed by atoms with van der Waals surface area (Å²) in [5.74, 6) is -1.81. The number of hydrogen-bond acceptors (Lipinski definition) is 4. The quantitative estimate of drug-likeness (QED) is 0.726. The van der Waals surface area contributed by atoms with Gasteiger partial charge in [0, 0.05) is 17.2 Å². The molecule has 0 spiro atoms. The summed E-state index contributed by atoms with van der Waals surface area (Å²) in [6.45, 7) is 3.56. The van der Waals surface area contributed by atoms with Crippen molar-refractivity contribution in [3.05, 3.63) is 63.8 Å². The molecule has 126 valence electrons. The van der Waals surface area contributed by atoms with Gasteiger partial charge >= 0.3 is 5.97 Å². The van der Waals surface area contributed by atoms with Gasteiger partial charge in [-0.3, -0.25) is 4.79 Å². The van der Waals surface area contributed by atoms with Crippen LogP contribution in [0.15, 0.2) is 45.6 Å². The monoisotopic (exact) mass is 340 g/mol. The highest BCUT2D eigenvalue weighted by Crippen LogP contribution is 2.47. The predicted octanol–water partition coefficient (Wildman–Crippen LogP) is 3.92. The lowest BCUT2D eigenvalue weighted by Gasteiger charge is -2.35. The van der Waals surface area contributed by atoms with Crippen molar-refractivity contribution in [1.82, 2.24) is 0 Å². The molecule has 0 saturated carbocycles. The molecule has 2 heterocycles. The van der Waals surface area contributed by atoms with Crippen molar-refractivity contribution in [1.29, 1.82) is 0 Å². The van der Waals surface area contributed by atoms with Crippen molar-refractivity contribution >= 4 is 16.9 Å². The van der Waals surface area contributed by atoms with E-state index in [-0.39, 0.29) is 16.8 Å². The van der Waals surface area contributed by atoms with Crippen LogP contribution in [0, 0.1) is 5.82 Å². The van der Waals surface area contributed by atoms with Crippen LogP contribution in [0.2, 0.25) is 0 Å². The first-order valence-electron chi connectivity index (χ1n) is 7.61. The number of carboxylic acids is 1. The molecule has 25 heavy (non-hydrogen) atoms. The summed E-state index contributed by atoms with van der Waals surface area (Å²) in [6, 6.07) is 8.55. The second-order valence-electron chi connectivity index (χ2n) is 6.40. The molecule has 0 aliphatic carbocycles. The van der Waals surface area contributed by atoms with Gasteiger partial charge in [-0.15, -0.1) is 0 Å². The molecule has 0 fully saturated rings. The van der Waals surface area contributed by atoms with E-state index in [1.165, 1.54) is 18.2 Å². The Labute approximate surface area is 141 Å². The minimum absolute atomic E-state index is 0.130. The zero-order valence-corrected chi connectivity index (χ0v) is 13.4. The fraction of sp³-hybridized carbons (Fsp3) is 0.158. The van der Waals surface area contributed by atoms with Gasteiger partial charge < -0.3 is 14.3 Å². The van der Waals surface area contributed by atoms with Crippen molar-refractivity contribution in [3.8, 4) is 16.9 Å². The Morgan fingerprint density at radius 1 is 1.12 bits per heavy atom. The Hall–Kier alpha value is -3.15. The molecule has 1 aliphatic heterocycles. The van der Waals surface area contributed by atoms with Gasteiger partial charge in [0.2, 0.25) is 5.76 Å². The van der Waals surface area contributed by atoms with Gasteiger partial charge in [-0.25, -0.2) is 9.18 Å². The van der Waals surface area contributed by atoms with Crippen LogP contribution in [-0.4, -0.2) is 11.1 Å². The first-order valence-corrected chi connectivity index (χ1v) is 7.61. The summed E-state index contributed by atoms with van der Waals surface area (Å²) in [4.78, 5) is 23.6. The number of rotatable bonds is 1. The highest BCUT2D eigenvalue weighted by atomic mass is 19.1. The molecule has 6 heteroatoms. The van der Waals surface area contributed by atoms with Crippen LogP contribution in [0.5, 0.6) is 5.75 Å². The van der Waals surface area contributed by atoms with E-state index in [0.29, 0.717) is 16.9 Å². The van der Waals surface area contributed by atoms with Crippen LogP contribution in [-0.2, 0) is 5.60 Å². The molecule has 1 aliphatic rings. The topological polar surface area (TPSA) is 76.7 Å². The van der Waals surface area contributed by atoms with E-state index in [2.05, 4.69) is 0 Å². The van der Waals surface area contributed by atoms with E-state index in [9.17, 15) is 14.0 Å². The van der Waals surface area contributed by atoms with Crippen LogP contribution < -0.4 is 10.2 Å². The number of benzene rings is 2. The molecule has 3 aromatic rings. The standard InChI is InChI=1S/C19H13FO5/c1-19(2)12-7-9(20)3-4-10(12)11-5-6-14-16(17(11)25-19)13(21)8-15(24-14)18(22)23/h3-8H,1-2H3,(H,22,23). The van der Waals surface area contributed by atoms with E-state index in [1.54, 1.807) is 26.0 Å². The molecule has 0 radical (unpaired) electrons. The fourth-order valence-electron chi connectivity index (χ4n) is 3.21. The predicted molar refractivity (Wildman–Crippen MR) is 88.5 cm³/mol. The van der Waals surface area contributed by atoms with Gasteiger partial charge in [-0.1, -0.05) is 6.07 Å². The Bertz CT molecular complexity index is 1110. The zero-order valence-electron chi connectivity index (χ0n) is 13.4. The highest BCUT2D eigenvalue weighted by molar-refractivity contribution is 5.95. The van der Waals surface area contributed by atoms with Crippen LogP contribution >= 0.6 is 0 Å². The second kappa shape index (κ2) is 4.92. The summed E-state index contributed by atoms with van der Waals surface area (Å²) in [6.07, 6.45) is 0. The smallest absolute Gasteiger partial charge is 0.371 e. The number of halogens is 1. The lowest BCUT2D eigenvalue weighted by Crippen LogP contribution is -2.30. The molecule has 0 bridgehead atoms. The second-order valence-corrected chi connectivity index (χ2v) is 6.40. The Morgan fingerprint density at radius 3 is 2.56 bits per heavy atom. The first kappa shape index (κ1) is 15.4. The van der Waals surface area contributed by atoms with Gasteiger partial charge in [-0.05, 0) is 43.7 Å². The average Bonchev–Trinajstić information content (AvgIpc) is 2.54. The van der Waals surface area contributed by atoms with E-state index >= 15 is 0 Å². The third-order valence-electron chi connectivity index (χ3n) is 4.34. The summed E-state index contributed by atoms with van der Waals surface area (Å²) in [5, 5.41) is 9.22. The Balaban J connectivity index is 2.10. The van der Waals surface area contributed by atoms with Crippen molar-refractivity contribution in [2.75, 3.05) is 0 Å². The van der Waals surface area contributed by atoms with E-state index < -0.39 is 22.8 Å². The van der Waals surface area contributed by atoms with Crippen LogP contribution in [0.3, 0.4) is 0 Å². The van der Waals surface area contributed by atoms with Crippen molar-refractivity contribution in [3.63, 3.8) is 0 Å². The number of hydrogen-bond donors (Lipinski definition) is 1. The average molecular weight is 340 g/mol. The van der Waals surface area contributed by atoms with Gasteiger partial charge in [0.1, 0.15) is 28.1 Å². The lowest BCUT2D eigenvalue weighted by atomic mass is 9.85. The van der Waals surface area contributed by atoms with E-state index in [0.717, 1.165) is 11.6 Å². The maximum Gasteiger partial charge on any atom is 0.371 e. The Kier molecular flexibility index (Phi) is 3.03. The van der Waals surface area contributed by atoms with Crippen LogP contribution in [0.4, 0.5) is 4.39 Å². The maximum absolute atomic E-state index is 13.7. The third-order valence-corrected chi connectivity index (χ3v) is 4.34. The minimum atomic E-state index is -1.32. The lowest BCUT2D eigenvalue weighted by molar-refractivity contribution is 0.0662. The molecule has 0 amide bonds. The van der Waals surface area contributed by atoms with Gasteiger partial charge in [0.25, 0.3) is 0 Å². The molecule has 0 saturated heterocycles. The molecular weight excluding hydrogens is 327 g/mol. The molecule has 4 rings (SSSR count). The van der Waals surface area contributed by atoms with Crippen LogP contribution in [0.1, 0.15) is 30.0 Å². The Morgan fingerprint density at radius 2 is 1.84 bits per heavy atom. The van der Waals surface area contributed by atoms with Crippen molar-refractivity contribution < 1.29 is 23.4 Å². The largest absolute Gasteiger partial charge is 0.482 e.